The second-order valence-corrected chi connectivity index (χ2v) is 7.16. The molecule has 0 radical (unpaired) electrons. The summed E-state index contributed by atoms with van der Waals surface area (Å²) in [4.78, 5) is 12.0. The molecule has 3 rings (SSSR count). The monoisotopic (exact) mass is 342 g/mol. The first-order valence-corrected chi connectivity index (χ1v) is 8.92. The molecule has 0 bridgehead atoms. The van der Waals surface area contributed by atoms with Crippen molar-refractivity contribution in [3.8, 4) is 0 Å². The van der Waals surface area contributed by atoms with E-state index in [2.05, 4.69) is 10.6 Å². The maximum absolute atomic E-state index is 13.5. The summed E-state index contributed by atoms with van der Waals surface area (Å²) in [5, 5.41) is 5.43. The van der Waals surface area contributed by atoms with Crippen LogP contribution in [0.3, 0.4) is 0 Å². The molecule has 2 atom stereocenters. The van der Waals surface area contributed by atoms with Crippen molar-refractivity contribution < 1.29 is 18.3 Å². The zero-order valence-electron chi connectivity index (χ0n) is 12.7. The van der Waals surface area contributed by atoms with Crippen LogP contribution in [-0.4, -0.2) is 35.8 Å². The van der Waals surface area contributed by atoms with Crippen LogP contribution in [0.15, 0.2) is 18.2 Å². The highest BCUT2D eigenvalue weighted by Gasteiger charge is 2.40. The third-order valence-electron chi connectivity index (χ3n) is 4.38. The molecule has 0 unspecified atom stereocenters. The van der Waals surface area contributed by atoms with Gasteiger partial charge in [-0.25, -0.2) is 13.6 Å². The fourth-order valence-electron chi connectivity index (χ4n) is 3.12. The summed E-state index contributed by atoms with van der Waals surface area (Å²) >= 11 is 1.87. The molecule has 1 aromatic rings. The minimum Gasteiger partial charge on any atom is -0.374 e. The molecule has 2 fully saturated rings. The van der Waals surface area contributed by atoms with E-state index < -0.39 is 17.7 Å². The van der Waals surface area contributed by atoms with Crippen molar-refractivity contribution in [1.82, 2.24) is 10.6 Å². The normalized spacial score (nSPS) is 27.1. The van der Waals surface area contributed by atoms with E-state index in [4.69, 9.17) is 4.74 Å². The van der Waals surface area contributed by atoms with Crippen molar-refractivity contribution in [2.24, 2.45) is 0 Å². The van der Waals surface area contributed by atoms with Gasteiger partial charge in [0.1, 0.15) is 11.6 Å². The highest BCUT2D eigenvalue weighted by Crippen LogP contribution is 2.38. The van der Waals surface area contributed by atoms with Crippen LogP contribution in [0.5, 0.6) is 0 Å². The van der Waals surface area contributed by atoms with Gasteiger partial charge in [-0.05, 0) is 37.1 Å². The number of rotatable bonds is 3. The number of amides is 2. The Hall–Kier alpha value is -1.34. The molecular formula is C16H20F2N2O2S. The summed E-state index contributed by atoms with van der Waals surface area (Å²) in [5.74, 6) is 0.746. The number of hydrogen-bond acceptors (Lipinski definition) is 3. The zero-order valence-corrected chi connectivity index (χ0v) is 13.6. The molecule has 23 heavy (non-hydrogen) atoms. The van der Waals surface area contributed by atoms with Crippen LogP contribution in [0, 0.1) is 11.6 Å². The van der Waals surface area contributed by atoms with Crippen molar-refractivity contribution in [1.29, 1.82) is 0 Å². The van der Waals surface area contributed by atoms with E-state index in [9.17, 15) is 13.6 Å². The molecule has 0 aliphatic carbocycles. The number of thioether (sulfide) groups is 1. The molecule has 2 N–H and O–H groups in total. The molecule has 4 nitrogen and oxygen atoms in total. The number of urea groups is 1. The van der Waals surface area contributed by atoms with Gasteiger partial charge in [-0.15, -0.1) is 0 Å². The van der Waals surface area contributed by atoms with Crippen molar-refractivity contribution in [2.75, 3.05) is 18.1 Å². The quantitative estimate of drug-likeness (QED) is 0.888. The van der Waals surface area contributed by atoms with Crippen molar-refractivity contribution >= 4 is 17.8 Å². The van der Waals surface area contributed by atoms with Crippen LogP contribution in [0.2, 0.25) is 0 Å². The fourth-order valence-corrected chi connectivity index (χ4v) is 4.50. The molecule has 2 heterocycles. The van der Waals surface area contributed by atoms with Crippen molar-refractivity contribution in [2.45, 2.75) is 37.5 Å². The summed E-state index contributed by atoms with van der Waals surface area (Å²) < 4.78 is 33.0. The topological polar surface area (TPSA) is 50.4 Å². The number of carbonyl (C=O) groups excluding carboxylic acids is 1. The predicted molar refractivity (Wildman–Crippen MR) is 85.4 cm³/mol. The van der Waals surface area contributed by atoms with Crippen LogP contribution in [-0.2, 0) is 11.3 Å². The Morgan fingerprint density at radius 2 is 2.17 bits per heavy atom. The first-order chi connectivity index (χ1) is 11.1. The van der Waals surface area contributed by atoms with E-state index in [1.165, 1.54) is 18.2 Å². The van der Waals surface area contributed by atoms with Gasteiger partial charge in [0, 0.05) is 24.0 Å². The molecule has 0 aromatic heterocycles. The third kappa shape index (κ3) is 3.95. The lowest BCUT2D eigenvalue weighted by atomic mass is 9.90. The molecule has 126 valence electrons. The fraction of sp³-hybridized carbons (Fsp3) is 0.562. The lowest BCUT2D eigenvalue weighted by Gasteiger charge is -2.37. The van der Waals surface area contributed by atoms with Gasteiger partial charge in [0.05, 0.1) is 12.1 Å². The van der Waals surface area contributed by atoms with Gasteiger partial charge in [-0.2, -0.15) is 11.8 Å². The summed E-state index contributed by atoms with van der Waals surface area (Å²) in [5.41, 5.74) is -0.239. The molecule has 2 aliphatic heterocycles. The van der Waals surface area contributed by atoms with E-state index in [1.54, 1.807) is 0 Å². The third-order valence-corrected chi connectivity index (χ3v) is 5.61. The highest BCUT2D eigenvalue weighted by atomic mass is 32.2. The highest BCUT2D eigenvalue weighted by molar-refractivity contribution is 7.99. The Balaban J connectivity index is 1.51. The van der Waals surface area contributed by atoms with E-state index >= 15 is 0 Å². The van der Waals surface area contributed by atoms with Crippen LogP contribution < -0.4 is 10.6 Å². The smallest absolute Gasteiger partial charge is 0.315 e. The summed E-state index contributed by atoms with van der Waals surface area (Å²) in [6.45, 7) is 0.460. The standard InChI is InChI=1S/C16H20F2N2O2S/c17-13-2-1-3-14(18)12(13)9-19-15(21)20-11-4-6-22-16(8-11)5-7-23-10-16/h1-3,11H,4-10H2,(H2,19,20,21)/t11-,16+/m1/s1. The SMILES string of the molecule is O=C(NCc1c(F)cccc1F)N[C@@H]1CCO[C@@]2(CCSC2)C1. The lowest BCUT2D eigenvalue weighted by molar-refractivity contribution is -0.0684. The lowest BCUT2D eigenvalue weighted by Crippen LogP contribution is -2.50. The average Bonchev–Trinajstić information content (AvgIpc) is 2.94. The van der Waals surface area contributed by atoms with E-state index in [0.717, 1.165) is 30.8 Å². The largest absolute Gasteiger partial charge is 0.374 e. The number of benzene rings is 1. The Bertz CT molecular complexity index is 559. The molecule has 0 saturated carbocycles. The summed E-state index contributed by atoms with van der Waals surface area (Å²) in [6, 6.07) is 3.29. The Labute approximate surface area is 138 Å². The van der Waals surface area contributed by atoms with Gasteiger partial charge < -0.3 is 15.4 Å². The van der Waals surface area contributed by atoms with Crippen LogP contribution in [0.4, 0.5) is 13.6 Å². The minimum atomic E-state index is -0.654. The average molecular weight is 342 g/mol. The van der Waals surface area contributed by atoms with Gasteiger partial charge in [-0.3, -0.25) is 0 Å². The van der Waals surface area contributed by atoms with Gasteiger partial charge in [0.15, 0.2) is 0 Å². The Morgan fingerprint density at radius 3 is 2.87 bits per heavy atom. The Morgan fingerprint density at radius 1 is 1.39 bits per heavy atom. The Kier molecular flexibility index (Phi) is 5.06. The predicted octanol–water partition coefficient (Wildman–Crippen LogP) is 2.82. The molecule has 2 amide bonds. The maximum atomic E-state index is 13.5. The van der Waals surface area contributed by atoms with E-state index in [0.29, 0.717) is 6.61 Å². The first-order valence-electron chi connectivity index (χ1n) is 7.77. The minimum absolute atomic E-state index is 0.0351. The number of hydrogen-bond donors (Lipinski definition) is 2. The molecular weight excluding hydrogens is 322 g/mol. The number of nitrogens with one attached hydrogen (secondary N) is 2. The van der Waals surface area contributed by atoms with Gasteiger partial charge >= 0.3 is 6.03 Å². The van der Waals surface area contributed by atoms with E-state index in [1.807, 2.05) is 11.8 Å². The van der Waals surface area contributed by atoms with Crippen molar-refractivity contribution in [3.63, 3.8) is 0 Å². The first kappa shape index (κ1) is 16.5. The molecule has 1 aromatic carbocycles. The second-order valence-electron chi connectivity index (χ2n) is 6.05. The maximum Gasteiger partial charge on any atom is 0.315 e. The van der Waals surface area contributed by atoms with Crippen LogP contribution >= 0.6 is 11.8 Å². The number of halogens is 2. The van der Waals surface area contributed by atoms with Crippen molar-refractivity contribution in [3.05, 3.63) is 35.4 Å². The summed E-state index contributed by atoms with van der Waals surface area (Å²) in [6.07, 6.45) is 2.56. The number of carbonyl (C=O) groups is 1. The number of ether oxygens (including phenoxy) is 1. The van der Waals surface area contributed by atoms with E-state index in [-0.39, 0.29) is 23.8 Å². The zero-order chi connectivity index (χ0) is 16.3. The van der Waals surface area contributed by atoms with Gasteiger partial charge in [0.25, 0.3) is 0 Å². The van der Waals surface area contributed by atoms with Gasteiger partial charge in [0.2, 0.25) is 0 Å². The van der Waals surface area contributed by atoms with Crippen LogP contribution in [0.25, 0.3) is 0 Å². The van der Waals surface area contributed by atoms with Crippen LogP contribution in [0.1, 0.15) is 24.8 Å². The van der Waals surface area contributed by atoms with Gasteiger partial charge in [-0.1, -0.05) is 6.07 Å². The molecule has 2 saturated heterocycles. The molecule has 1 spiro atoms. The summed E-state index contributed by atoms with van der Waals surface area (Å²) in [7, 11) is 0. The second kappa shape index (κ2) is 7.05. The molecule has 2 aliphatic rings. The molecule has 7 heteroatoms.